The molecule has 4 heteroatoms. The highest BCUT2D eigenvalue weighted by Crippen LogP contribution is 2.30. The fourth-order valence-electron chi connectivity index (χ4n) is 2.26. The number of benzene rings is 1. The van der Waals surface area contributed by atoms with E-state index >= 15 is 0 Å². The van der Waals surface area contributed by atoms with E-state index in [1.165, 1.54) is 0 Å². The van der Waals surface area contributed by atoms with E-state index in [1.54, 1.807) is 26.4 Å². The van der Waals surface area contributed by atoms with E-state index in [-0.39, 0.29) is 11.8 Å². The summed E-state index contributed by atoms with van der Waals surface area (Å²) in [4.78, 5) is 12.3. The SMILES string of the molecule is CCCC(CCC)C(=O)Nc1ccc(OC)c(OC)c1. The molecule has 0 saturated heterocycles. The first kappa shape index (κ1) is 16.3. The second kappa shape index (κ2) is 8.46. The Balaban J connectivity index is 2.78. The van der Waals surface area contributed by atoms with Crippen LogP contribution in [0.25, 0.3) is 0 Å². The molecule has 0 aliphatic carbocycles. The number of rotatable bonds is 8. The van der Waals surface area contributed by atoms with Gasteiger partial charge in [-0.3, -0.25) is 4.79 Å². The summed E-state index contributed by atoms with van der Waals surface area (Å²) in [5, 5.41) is 2.96. The van der Waals surface area contributed by atoms with Crippen molar-refractivity contribution in [1.82, 2.24) is 0 Å². The summed E-state index contributed by atoms with van der Waals surface area (Å²) in [5.41, 5.74) is 0.741. The molecular formula is C16H25NO3. The van der Waals surface area contributed by atoms with Gasteiger partial charge in [0.1, 0.15) is 0 Å². The summed E-state index contributed by atoms with van der Waals surface area (Å²) in [6.45, 7) is 4.21. The minimum Gasteiger partial charge on any atom is -0.493 e. The second-order valence-electron chi connectivity index (χ2n) is 4.83. The number of hydrogen-bond donors (Lipinski definition) is 1. The standard InChI is InChI=1S/C16H25NO3/c1-5-7-12(8-6-2)16(18)17-13-9-10-14(19-3)15(11-13)20-4/h9-12H,5-8H2,1-4H3,(H,17,18). The molecule has 0 radical (unpaired) electrons. The van der Waals surface area contributed by atoms with Gasteiger partial charge in [-0.25, -0.2) is 0 Å². The maximum absolute atomic E-state index is 12.3. The van der Waals surface area contributed by atoms with Crippen LogP contribution in [-0.2, 0) is 4.79 Å². The van der Waals surface area contributed by atoms with Crippen molar-refractivity contribution in [3.05, 3.63) is 18.2 Å². The first-order chi connectivity index (χ1) is 9.65. The van der Waals surface area contributed by atoms with Gasteiger partial charge in [0, 0.05) is 17.7 Å². The van der Waals surface area contributed by atoms with Gasteiger partial charge >= 0.3 is 0 Å². The van der Waals surface area contributed by atoms with E-state index in [1.807, 2.05) is 6.07 Å². The molecule has 1 aromatic rings. The van der Waals surface area contributed by atoms with Crippen LogP contribution in [0.2, 0.25) is 0 Å². The van der Waals surface area contributed by atoms with Crippen LogP contribution >= 0.6 is 0 Å². The third-order valence-corrected chi connectivity index (χ3v) is 3.30. The van der Waals surface area contributed by atoms with Crippen molar-refractivity contribution in [2.45, 2.75) is 39.5 Å². The van der Waals surface area contributed by atoms with E-state index in [2.05, 4.69) is 19.2 Å². The van der Waals surface area contributed by atoms with E-state index in [9.17, 15) is 4.79 Å². The fourth-order valence-corrected chi connectivity index (χ4v) is 2.26. The molecule has 112 valence electrons. The summed E-state index contributed by atoms with van der Waals surface area (Å²) < 4.78 is 10.4. The van der Waals surface area contributed by atoms with Crippen LogP contribution in [0, 0.1) is 5.92 Å². The highest BCUT2D eigenvalue weighted by atomic mass is 16.5. The lowest BCUT2D eigenvalue weighted by atomic mass is 9.97. The molecule has 0 heterocycles. The number of methoxy groups -OCH3 is 2. The van der Waals surface area contributed by atoms with Crippen molar-refractivity contribution in [3.8, 4) is 11.5 Å². The first-order valence-corrected chi connectivity index (χ1v) is 7.19. The zero-order valence-electron chi connectivity index (χ0n) is 12.9. The van der Waals surface area contributed by atoms with Crippen LogP contribution in [0.15, 0.2) is 18.2 Å². The number of carbonyl (C=O) groups excluding carboxylic acids is 1. The molecule has 1 aromatic carbocycles. The van der Waals surface area contributed by atoms with Crippen LogP contribution in [-0.4, -0.2) is 20.1 Å². The Morgan fingerprint density at radius 3 is 2.20 bits per heavy atom. The Kier molecular flexibility index (Phi) is 6.91. The van der Waals surface area contributed by atoms with Crippen molar-refractivity contribution in [2.24, 2.45) is 5.92 Å². The van der Waals surface area contributed by atoms with Crippen molar-refractivity contribution in [1.29, 1.82) is 0 Å². The topological polar surface area (TPSA) is 47.6 Å². The number of carbonyl (C=O) groups is 1. The molecule has 1 N–H and O–H groups in total. The van der Waals surface area contributed by atoms with E-state index < -0.39 is 0 Å². The average Bonchev–Trinajstić information content (AvgIpc) is 2.46. The van der Waals surface area contributed by atoms with Crippen LogP contribution in [0.4, 0.5) is 5.69 Å². The lowest BCUT2D eigenvalue weighted by Crippen LogP contribution is -2.22. The Labute approximate surface area is 121 Å². The smallest absolute Gasteiger partial charge is 0.227 e. The summed E-state index contributed by atoms with van der Waals surface area (Å²) in [6.07, 6.45) is 3.88. The molecule has 0 atom stereocenters. The minimum absolute atomic E-state index is 0.0816. The van der Waals surface area contributed by atoms with Gasteiger partial charge < -0.3 is 14.8 Å². The highest BCUT2D eigenvalue weighted by molar-refractivity contribution is 5.92. The van der Waals surface area contributed by atoms with Gasteiger partial charge in [0.25, 0.3) is 0 Å². The van der Waals surface area contributed by atoms with Crippen molar-refractivity contribution in [3.63, 3.8) is 0 Å². The van der Waals surface area contributed by atoms with E-state index in [4.69, 9.17) is 9.47 Å². The lowest BCUT2D eigenvalue weighted by molar-refractivity contribution is -0.120. The molecule has 0 saturated carbocycles. The molecular weight excluding hydrogens is 254 g/mol. The molecule has 0 unspecified atom stereocenters. The van der Waals surface area contributed by atoms with Crippen molar-refractivity contribution < 1.29 is 14.3 Å². The Morgan fingerprint density at radius 2 is 1.70 bits per heavy atom. The lowest BCUT2D eigenvalue weighted by Gasteiger charge is -2.16. The summed E-state index contributed by atoms with van der Waals surface area (Å²) in [6, 6.07) is 5.41. The zero-order chi connectivity index (χ0) is 15.0. The summed E-state index contributed by atoms with van der Waals surface area (Å²) in [7, 11) is 3.18. The molecule has 0 fully saturated rings. The Morgan fingerprint density at radius 1 is 1.10 bits per heavy atom. The third kappa shape index (κ3) is 4.44. The summed E-state index contributed by atoms with van der Waals surface area (Å²) >= 11 is 0. The van der Waals surface area contributed by atoms with Gasteiger partial charge in [0.05, 0.1) is 14.2 Å². The average molecular weight is 279 g/mol. The predicted molar refractivity (Wildman–Crippen MR) is 81.5 cm³/mol. The van der Waals surface area contributed by atoms with E-state index in [0.717, 1.165) is 31.4 Å². The zero-order valence-corrected chi connectivity index (χ0v) is 12.9. The normalized spacial score (nSPS) is 10.4. The van der Waals surface area contributed by atoms with Gasteiger partial charge in [-0.15, -0.1) is 0 Å². The van der Waals surface area contributed by atoms with Crippen LogP contribution in [0.5, 0.6) is 11.5 Å². The molecule has 1 rings (SSSR count). The number of ether oxygens (including phenoxy) is 2. The Hall–Kier alpha value is -1.71. The highest BCUT2D eigenvalue weighted by Gasteiger charge is 2.17. The maximum atomic E-state index is 12.3. The molecule has 0 aliphatic rings. The molecule has 20 heavy (non-hydrogen) atoms. The van der Waals surface area contributed by atoms with Crippen LogP contribution in [0.3, 0.4) is 0 Å². The Bertz CT molecular complexity index is 426. The molecule has 0 bridgehead atoms. The molecule has 1 amide bonds. The number of hydrogen-bond acceptors (Lipinski definition) is 3. The first-order valence-electron chi connectivity index (χ1n) is 7.19. The van der Waals surface area contributed by atoms with Gasteiger partial charge in [-0.05, 0) is 25.0 Å². The van der Waals surface area contributed by atoms with Crippen molar-refractivity contribution >= 4 is 11.6 Å². The maximum Gasteiger partial charge on any atom is 0.227 e. The molecule has 0 aliphatic heterocycles. The van der Waals surface area contributed by atoms with Crippen LogP contribution < -0.4 is 14.8 Å². The van der Waals surface area contributed by atoms with Gasteiger partial charge in [-0.2, -0.15) is 0 Å². The van der Waals surface area contributed by atoms with Crippen molar-refractivity contribution in [2.75, 3.05) is 19.5 Å². The van der Waals surface area contributed by atoms with Gasteiger partial charge in [-0.1, -0.05) is 26.7 Å². The largest absolute Gasteiger partial charge is 0.493 e. The third-order valence-electron chi connectivity index (χ3n) is 3.30. The quantitative estimate of drug-likeness (QED) is 0.786. The number of nitrogens with one attached hydrogen (secondary N) is 1. The molecule has 0 aromatic heterocycles. The monoisotopic (exact) mass is 279 g/mol. The van der Waals surface area contributed by atoms with Gasteiger partial charge in [0.15, 0.2) is 11.5 Å². The summed E-state index contributed by atoms with van der Waals surface area (Å²) in [5.74, 6) is 1.44. The van der Waals surface area contributed by atoms with E-state index in [0.29, 0.717) is 11.5 Å². The molecule has 0 spiro atoms. The predicted octanol–water partition coefficient (Wildman–Crippen LogP) is 3.86. The second-order valence-corrected chi connectivity index (χ2v) is 4.83. The van der Waals surface area contributed by atoms with Crippen LogP contribution in [0.1, 0.15) is 39.5 Å². The fraction of sp³-hybridized carbons (Fsp3) is 0.562. The number of anilines is 1. The molecule has 4 nitrogen and oxygen atoms in total. The van der Waals surface area contributed by atoms with Gasteiger partial charge in [0.2, 0.25) is 5.91 Å². The number of amides is 1. The minimum atomic E-state index is 0.0816.